The third kappa shape index (κ3) is 2.84. The zero-order valence-corrected chi connectivity index (χ0v) is 13.9. The molecule has 0 bridgehead atoms. The summed E-state index contributed by atoms with van der Waals surface area (Å²) >= 11 is 5.69. The van der Waals surface area contributed by atoms with Crippen molar-refractivity contribution in [2.75, 3.05) is 5.73 Å². The standard InChI is InChI=1S/C17H16ClFN4O2/c18-11-2-1-9(7-12(11)19)15(24)13-3-4-14(25-13)23-6-5-10-16(20)21-8-22-17(10)23/h1-2,5-8,13-15,24H,3-4H2,(H2,20,21,22). The molecule has 0 saturated carbocycles. The van der Waals surface area contributed by atoms with E-state index in [0.717, 1.165) is 5.39 Å². The SMILES string of the molecule is Nc1ncnc2c1ccn2C1CCC(C(O)c2ccc(Cl)c(F)c2)O1. The second-order valence-electron chi connectivity index (χ2n) is 6.04. The third-order valence-corrected chi connectivity index (χ3v) is 4.82. The zero-order valence-electron chi connectivity index (χ0n) is 13.1. The highest BCUT2D eigenvalue weighted by atomic mass is 35.5. The van der Waals surface area contributed by atoms with Crippen LogP contribution >= 0.6 is 11.6 Å². The molecule has 0 aliphatic carbocycles. The molecule has 1 aliphatic rings. The molecule has 3 N–H and O–H groups in total. The molecule has 3 aromatic rings. The Balaban J connectivity index is 1.56. The number of aromatic nitrogens is 3. The lowest BCUT2D eigenvalue weighted by Gasteiger charge is -2.20. The van der Waals surface area contributed by atoms with Gasteiger partial charge in [0.1, 0.15) is 35.9 Å². The van der Waals surface area contributed by atoms with Gasteiger partial charge in [-0.2, -0.15) is 0 Å². The fraction of sp³-hybridized carbons (Fsp3) is 0.294. The Hall–Kier alpha value is -2.22. The number of aliphatic hydroxyl groups is 1. The largest absolute Gasteiger partial charge is 0.386 e. The van der Waals surface area contributed by atoms with Gasteiger partial charge in [-0.1, -0.05) is 17.7 Å². The quantitative estimate of drug-likeness (QED) is 0.747. The predicted molar refractivity (Wildman–Crippen MR) is 91.5 cm³/mol. The molecule has 3 heterocycles. The van der Waals surface area contributed by atoms with Crippen molar-refractivity contribution in [1.82, 2.24) is 14.5 Å². The fourth-order valence-corrected chi connectivity index (χ4v) is 3.33. The van der Waals surface area contributed by atoms with E-state index in [1.54, 1.807) is 6.07 Å². The number of hydrogen-bond donors (Lipinski definition) is 2. The maximum Gasteiger partial charge on any atom is 0.147 e. The van der Waals surface area contributed by atoms with E-state index < -0.39 is 18.0 Å². The van der Waals surface area contributed by atoms with Crippen LogP contribution in [0.3, 0.4) is 0 Å². The summed E-state index contributed by atoms with van der Waals surface area (Å²) in [7, 11) is 0. The van der Waals surface area contributed by atoms with Crippen molar-refractivity contribution < 1.29 is 14.2 Å². The summed E-state index contributed by atoms with van der Waals surface area (Å²) in [6.07, 6.45) is 2.94. The number of benzene rings is 1. The Morgan fingerprint density at radius 1 is 1.32 bits per heavy atom. The Kier molecular flexibility index (Phi) is 4.07. The first-order valence-corrected chi connectivity index (χ1v) is 8.28. The van der Waals surface area contributed by atoms with E-state index in [4.69, 9.17) is 22.1 Å². The van der Waals surface area contributed by atoms with E-state index in [-0.39, 0.29) is 11.3 Å². The highest BCUT2D eigenvalue weighted by Gasteiger charge is 2.33. The second-order valence-corrected chi connectivity index (χ2v) is 6.45. The Labute approximate surface area is 148 Å². The highest BCUT2D eigenvalue weighted by molar-refractivity contribution is 6.30. The van der Waals surface area contributed by atoms with E-state index in [1.807, 2.05) is 16.8 Å². The van der Waals surface area contributed by atoms with Crippen molar-refractivity contribution >= 4 is 28.5 Å². The Bertz CT molecular complexity index is 932. The molecule has 130 valence electrons. The average Bonchev–Trinajstić information content (AvgIpc) is 3.24. The number of aliphatic hydroxyl groups excluding tert-OH is 1. The molecule has 1 fully saturated rings. The monoisotopic (exact) mass is 362 g/mol. The lowest BCUT2D eigenvalue weighted by molar-refractivity contribution is -0.0591. The molecule has 0 spiro atoms. The van der Waals surface area contributed by atoms with E-state index in [9.17, 15) is 9.50 Å². The molecule has 1 aromatic carbocycles. The summed E-state index contributed by atoms with van der Waals surface area (Å²) in [4.78, 5) is 8.23. The minimum absolute atomic E-state index is 0.0252. The number of anilines is 1. The fourth-order valence-electron chi connectivity index (χ4n) is 3.22. The predicted octanol–water partition coefficient (Wildman–Crippen LogP) is 3.22. The van der Waals surface area contributed by atoms with Crippen molar-refractivity contribution in [3.63, 3.8) is 0 Å². The van der Waals surface area contributed by atoms with Crippen LogP contribution in [-0.2, 0) is 4.74 Å². The Morgan fingerprint density at radius 2 is 2.16 bits per heavy atom. The molecular formula is C17H16ClFN4O2. The molecule has 2 aromatic heterocycles. The van der Waals surface area contributed by atoms with Gasteiger partial charge in [0, 0.05) is 6.20 Å². The van der Waals surface area contributed by atoms with E-state index in [0.29, 0.717) is 29.9 Å². The number of nitrogen functional groups attached to an aromatic ring is 1. The molecule has 8 heteroatoms. The summed E-state index contributed by atoms with van der Waals surface area (Å²) in [6.45, 7) is 0. The third-order valence-electron chi connectivity index (χ3n) is 4.52. The minimum atomic E-state index is -0.932. The van der Waals surface area contributed by atoms with Gasteiger partial charge in [0.25, 0.3) is 0 Å². The van der Waals surface area contributed by atoms with Crippen molar-refractivity contribution in [3.8, 4) is 0 Å². The van der Waals surface area contributed by atoms with Crippen LogP contribution in [0, 0.1) is 5.82 Å². The van der Waals surface area contributed by atoms with Crippen LogP contribution in [0.4, 0.5) is 10.2 Å². The number of rotatable bonds is 3. The molecule has 6 nitrogen and oxygen atoms in total. The number of nitrogens with zero attached hydrogens (tertiary/aromatic N) is 3. The zero-order chi connectivity index (χ0) is 17.6. The average molecular weight is 363 g/mol. The van der Waals surface area contributed by atoms with Crippen LogP contribution in [0.1, 0.15) is 30.7 Å². The first-order valence-electron chi connectivity index (χ1n) is 7.90. The van der Waals surface area contributed by atoms with Gasteiger partial charge < -0.3 is 20.1 Å². The Morgan fingerprint density at radius 3 is 2.96 bits per heavy atom. The molecule has 0 amide bonds. The van der Waals surface area contributed by atoms with Gasteiger partial charge in [-0.3, -0.25) is 0 Å². The van der Waals surface area contributed by atoms with Gasteiger partial charge in [0.2, 0.25) is 0 Å². The van der Waals surface area contributed by atoms with Gasteiger partial charge in [0.15, 0.2) is 0 Å². The van der Waals surface area contributed by atoms with Crippen molar-refractivity contribution in [2.45, 2.75) is 31.3 Å². The number of fused-ring (bicyclic) bond motifs is 1. The van der Waals surface area contributed by atoms with Crippen LogP contribution in [0.2, 0.25) is 5.02 Å². The number of hydrogen-bond acceptors (Lipinski definition) is 5. The molecular weight excluding hydrogens is 347 g/mol. The summed E-state index contributed by atoms with van der Waals surface area (Å²) in [5.74, 6) is -0.147. The van der Waals surface area contributed by atoms with E-state index >= 15 is 0 Å². The molecule has 3 atom stereocenters. The minimum Gasteiger partial charge on any atom is -0.386 e. The topological polar surface area (TPSA) is 86.2 Å². The first-order chi connectivity index (χ1) is 12.0. The van der Waals surface area contributed by atoms with Crippen molar-refractivity contribution in [3.05, 3.63) is 53.2 Å². The van der Waals surface area contributed by atoms with Crippen LogP contribution in [0.25, 0.3) is 11.0 Å². The first kappa shape index (κ1) is 16.3. The molecule has 1 aliphatic heterocycles. The number of nitrogens with two attached hydrogens (primary N) is 1. The lowest BCUT2D eigenvalue weighted by atomic mass is 10.0. The maximum absolute atomic E-state index is 13.6. The second kappa shape index (κ2) is 6.25. The lowest BCUT2D eigenvalue weighted by Crippen LogP contribution is -2.19. The van der Waals surface area contributed by atoms with Crippen molar-refractivity contribution in [2.24, 2.45) is 0 Å². The van der Waals surface area contributed by atoms with Gasteiger partial charge >= 0.3 is 0 Å². The van der Waals surface area contributed by atoms with Crippen LogP contribution in [0.5, 0.6) is 0 Å². The summed E-state index contributed by atoms with van der Waals surface area (Å²) < 4.78 is 21.5. The summed E-state index contributed by atoms with van der Waals surface area (Å²) in [6, 6.07) is 6.11. The maximum atomic E-state index is 13.6. The smallest absolute Gasteiger partial charge is 0.147 e. The normalized spacial score (nSPS) is 21.7. The number of ether oxygens (including phenoxy) is 1. The van der Waals surface area contributed by atoms with Crippen LogP contribution in [0.15, 0.2) is 36.8 Å². The van der Waals surface area contributed by atoms with Gasteiger partial charge in [-0.05, 0) is 36.6 Å². The van der Waals surface area contributed by atoms with E-state index in [2.05, 4.69) is 9.97 Å². The molecule has 1 saturated heterocycles. The van der Waals surface area contributed by atoms with Gasteiger partial charge in [-0.25, -0.2) is 14.4 Å². The molecule has 3 unspecified atom stereocenters. The highest BCUT2D eigenvalue weighted by Crippen LogP contribution is 2.37. The van der Waals surface area contributed by atoms with Crippen LogP contribution < -0.4 is 5.73 Å². The van der Waals surface area contributed by atoms with Gasteiger partial charge in [0.05, 0.1) is 16.5 Å². The van der Waals surface area contributed by atoms with Crippen LogP contribution in [-0.4, -0.2) is 25.7 Å². The van der Waals surface area contributed by atoms with E-state index in [1.165, 1.54) is 18.5 Å². The van der Waals surface area contributed by atoms with Crippen molar-refractivity contribution in [1.29, 1.82) is 0 Å². The molecule has 4 rings (SSSR count). The summed E-state index contributed by atoms with van der Waals surface area (Å²) in [5.41, 5.74) is 6.98. The number of halogens is 2. The molecule has 0 radical (unpaired) electrons. The molecule has 25 heavy (non-hydrogen) atoms. The summed E-state index contributed by atoms with van der Waals surface area (Å²) in [5, 5.41) is 11.3. The van der Waals surface area contributed by atoms with Gasteiger partial charge in [-0.15, -0.1) is 0 Å².